The lowest BCUT2D eigenvalue weighted by molar-refractivity contribution is -0.129. The molecule has 0 fully saturated rings. The van der Waals surface area contributed by atoms with Gasteiger partial charge in [-0.05, 0) is 37.1 Å². The number of hydrogen-bond donors (Lipinski definition) is 0. The standard InChI is InChI=1S/C16H23N3O/c1-13-10-14(2)12-15(11-13)18(3)9-6-16(20)19(4)8-5-7-17/h10-12H,5-6,8-9H2,1-4H3. The van der Waals surface area contributed by atoms with Crippen molar-refractivity contribution in [2.45, 2.75) is 26.7 Å². The van der Waals surface area contributed by atoms with E-state index in [0.717, 1.165) is 5.69 Å². The van der Waals surface area contributed by atoms with E-state index >= 15 is 0 Å². The number of rotatable bonds is 6. The number of carbonyl (C=O) groups is 1. The molecule has 4 heteroatoms. The van der Waals surface area contributed by atoms with Gasteiger partial charge in [-0.2, -0.15) is 5.26 Å². The van der Waals surface area contributed by atoms with Gasteiger partial charge in [-0.15, -0.1) is 0 Å². The zero-order chi connectivity index (χ0) is 15.1. The van der Waals surface area contributed by atoms with Crippen molar-refractivity contribution in [3.8, 4) is 6.07 Å². The molecule has 108 valence electrons. The van der Waals surface area contributed by atoms with Crippen LogP contribution < -0.4 is 4.90 Å². The van der Waals surface area contributed by atoms with Crippen LogP contribution in [0, 0.1) is 25.2 Å². The molecule has 0 saturated heterocycles. The van der Waals surface area contributed by atoms with E-state index in [1.165, 1.54) is 11.1 Å². The molecule has 0 bridgehead atoms. The summed E-state index contributed by atoms with van der Waals surface area (Å²) < 4.78 is 0. The van der Waals surface area contributed by atoms with Gasteiger partial charge in [-0.3, -0.25) is 4.79 Å². The zero-order valence-electron chi connectivity index (χ0n) is 12.8. The molecule has 0 saturated carbocycles. The van der Waals surface area contributed by atoms with Crippen molar-refractivity contribution < 1.29 is 4.79 Å². The number of nitrogens with zero attached hydrogens (tertiary/aromatic N) is 3. The van der Waals surface area contributed by atoms with Crippen molar-refractivity contribution in [2.24, 2.45) is 0 Å². The quantitative estimate of drug-likeness (QED) is 0.800. The minimum atomic E-state index is 0.0801. The molecule has 0 spiro atoms. The summed E-state index contributed by atoms with van der Waals surface area (Å²) in [5.74, 6) is 0.0801. The third-order valence-corrected chi connectivity index (χ3v) is 3.29. The molecular weight excluding hydrogens is 250 g/mol. The molecule has 0 aliphatic heterocycles. The lowest BCUT2D eigenvalue weighted by Gasteiger charge is -2.22. The van der Waals surface area contributed by atoms with Crippen LogP contribution in [-0.4, -0.2) is 38.0 Å². The molecule has 0 heterocycles. The van der Waals surface area contributed by atoms with Crippen molar-refractivity contribution in [1.82, 2.24) is 4.90 Å². The summed E-state index contributed by atoms with van der Waals surface area (Å²) in [5.41, 5.74) is 3.59. The van der Waals surface area contributed by atoms with Crippen LogP contribution in [0.2, 0.25) is 0 Å². The van der Waals surface area contributed by atoms with Crippen LogP contribution in [0.1, 0.15) is 24.0 Å². The second kappa shape index (κ2) is 7.54. The summed E-state index contributed by atoms with van der Waals surface area (Å²) in [6.07, 6.45) is 0.848. The minimum absolute atomic E-state index is 0.0801. The average molecular weight is 273 g/mol. The van der Waals surface area contributed by atoms with Gasteiger partial charge >= 0.3 is 0 Å². The molecule has 1 amide bonds. The Morgan fingerprint density at radius 1 is 1.15 bits per heavy atom. The predicted molar refractivity (Wildman–Crippen MR) is 81.7 cm³/mol. The highest BCUT2D eigenvalue weighted by molar-refractivity contribution is 5.76. The fourth-order valence-corrected chi connectivity index (χ4v) is 2.10. The molecule has 1 rings (SSSR count). The first-order valence-electron chi connectivity index (χ1n) is 6.84. The van der Waals surface area contributed by atoms with E-state index in [-0.39, 0.29) is 5.91 Å². The fourth-order valence-electron chi connectivity index (χ4n) is 2.10. The zero-order valence-corrected chi connectivity index (χ0v) is 12.8. The Hall–Kier alpha value is -2.02. The first kappa shape index (κ1) is 16.0. The summed E-state index contributed by atoms with van der Waals surface area (Å²) >= 11 is 0. The van der Waals surface area contributed by atoms with E-state index in [2.05, 4.69) is 43.0 Å². The lowest BCUT2D eigenvalue weighted by Crippen LogP contribution is -2.31. The van der Waals surface area contributed by atoms with Crippen molar-refractivity contribution in [3.63, 3.8) is 0 Å². The second-order valence-electron chi connectivity index (χ2n) is 5.24. The summed E-state index contributed by atoms with van der Waals surface area (Å²) in [4.78, 5) is 15.6. The Kier molecular flexibility index (Phi) is 6.05. The van der Waals surface area contributed by atoms with Gasteiger partial charge in [0.05, 0.1) is 12.5 Å². The molecule has 4 nitrogen and oxygen atoms in total. The highest BCUT2D eigenvalue weighted by Crippen LogP contribution is 2.17. The molecule has 0 aliphatic rings. The van der Waals surface area contributed by atoms with Crippen LogP contribution in [0.25, 0.3) is 0 Å². The van der Waals surface area contributed by atoms with Crippen LogP contribution in [0.3, 0.4) is 0 Å². The first-order chi connectivity index (χ1) is 9.43. The third-order valence-electron chi connectivity index (χ3n) is 3.29. The van der Waals surface area contributed by atoms with Gasteiger partial charge < -0.3 is 9.80 Å². The number of benzene rings is 1. The van der Waals surface area contributed by atoms with Crippen molar-refractivity contribution >= 4 is 11.6 Å². The van der Waals surface area contributed by atoms with Crippen molar-refractivity contribution in [1.29, 1.82) is 5.26 Å². The summed E-state index contributed by atoms with van der Waals surface area (Å²) in [6.45, 7) is 5.33. The normalized spacial score (nSPS) is 9.95. The van der Waals surface area contributed by atoms with Gasteiger partial charge in [0, 0.05) is 39.3 Å². The highest BCUT2D eigenvalue weighted by Gasteiger charge is 2.10. The van der Waals surface area contributed by atoms with Crippen LogP contribution in [0.15, 0.2) is 18.2 Å². The molecule has 0 radical (unpaired) electrons. The van der Waals surface area contributed by atoms with E-state index in [1.54, 1.807) is 11.9 Å². The number of nitriles is 1. The molecule has 1 aromatic carbocycles. The smallest absolute Gasteiger partial charge is 0.224 e. The Bertz CT molecular complexity index is 485. The van der Waals surface area contributed by atoms with Gasteiger partial charge in [0.2, 0.25) is 5.91 Å². The number of anilines is 1. The van der Waals surface area contributed by atoms with Gasteiger partial charge in [0.15, 0.2) is 0 Å². The van der Waals surface area contributed by atoms with Gasteiger partial charge in [-0.25, -0.2) is 0 Å². The van der Waals surface area contributed by atoms with E-state index in [4.69, 9.17) is 5.26 Å². The minimum Gasteiger partial charge on any atom is -0.374 e. The van der Waals surface area contributed by atoms with Crippen LogP contribution in [0.4, 0.5) is 5.69 Å². The van der Waals surface area contributed by atoms with Crippen LogP contribution in [-0.2, 0) is 4.79 Å². The average Bonchev–Trinajstić information content (AvgIpc) is 2.40. The number of aryl methyl sites for hydroxylation is 2. The Morgan fingerprint density at radius 3 is 2.30 bits per heavy atom. The maximum atomic E-state index is 11.9. The monoisotopic (exact) mass is 273 g/mol. The molecule has 20 heavy (non-hydrogen) atoms. The van der Waals surface area contributed by atoms with Gasteiger partial charge in [-0.1, -0.05) is 6.07 Å². The molecular formula is C16H23N3O. The Labute approximate surface area is 121 Å². The van der Waals surface area contributed by atoms with Gasteiger partial charge in [0.1, 0.15) is 0 Å². The van der Waals surface area contributed by atoms with Crippen molar-refractivity contribution in [3.05, 3.63) is 29.3 Å². The summed E-state index contributed by atoms with van der Waals surface area (Å²) in [7, 11) is 3.74. The molecule has 0 atom stereocenters. The molecule has 0 unspecified atom stereocenters. The van der Waals surface area contributed by atoms with E-state index in [0.29, 0.717) is 25.9 Å². The summed E-state index contributed by atoms with van der Waals surface area (Å²) in [6, 6.07) is 8.43. The first-order valence-corrected chi connectivity index (χ1v) is 6.84. The van der Waals surface area contributed by atoms with E-state index in [1.807, 2.05) is 7.05 Å². The third kappa shape index (κ3) is 4.93. The van der Waals surface area contributed by atoms with Crippen LogP contribution in [0.5, 0.6) is 0 Å². The number of carbonyl (C=O) groups excluding carboxylic acids is 1. The number of amides is 1. The van der Waals surface area contributed by atoms with E-state index in [9.17, 15) is 4.79 Å². The maximum Gasteiger partial charge on any atom is 0.224 e. The van der Waals surface area contributed by atoms with Gasteiger partial charge in [0.25, 0.3) is 0 Å². The topological polar surface area (TPSA) is 47.3 Å². The van der Waals surface area contributed by atoms with Crippen LogP contribution >= 0.6 is 0 Å². The maximum absolute atomic E-state index is 11.9. The lowest BCUT2D eigenvalue weighted by atomic mass is 10.1. The molecule has 0 aliphatic carbocycles. The number of hydrogen-bond acceptors (Lipinski definition) is 3. The molecule has 1 aromatic rings. The molecule has 0 aromatic heterocycles. The predicted octanol–water partition coefficient (Wildman–Crippen LogP) is 2.50. The largest absolute Gasteiger partial charge is 0.374 e. The van der Waals surface area contributed by atoms with E-state index < -0.39 is 0 Å². The van der Waals surface area contributed by atoms with Crippen molar-refractivity contribution in [2.75, 3.05) is 32.1 Å². The second-order valence-corrected chi connectivity index (χ2v) is 5.24. The Morgan fingerprint density at radius 2 is 1.75 bits per heavy atom. The Balaban J connectivity index is 2.52. The molecule has 0 N–H and O–H groups in total. The highest BCUT2D eigenvalue weighted by atomic mass is 16.2. The summed E-state index contributed by atoms with van der Waals surface area (Å²) in [5, 5.41) is 8.52. The SMILES string of the molecule is Cc1cc(C)cc(N(C)CCC(=O)N(C)CCC#N)c1. The fraction of sp³-hybridized carbons (Fsp3) is 0.500.